The van der Waals surface area contributed by atoms with Crippen molar-refractivity contribution in [3.05, 3.63) is 39.6 Å². The highest BCUT2D eigenvalue weighted by Gasteiger charge is 2.35. The van der Waals surface area contributed by atoms with Crippen LogP contribution in [0, 0.1) is 20.8 Å². The third-order valence-corrected chi connectivity index (χ3v) is 8.64. The van der Waals surface area contributed by atoms with Crippen LogP contribution in [0.25, 0.3) is 0 Å². The van der Waals surface area contributed by atoms with Crippen LogP contribution in [-0.2, 0) is 31.8 Å². The molecular formula is C21H27N3O7S2. The number of rotatable bonds is 7. The van der Waals surface area contributed by atoms with Crippen LogP contribution in [0.4, 0.5) is 0 Å². The maximum absolute atomic E-state index is 13.7. The van der Waals surface area contributed by atoms with Crippen LogP contribution in [0.15, 0.2) is 16.1 Å². The average molecular weight is 498 g/mol. The van der Waals surface area contributed by atoms with Gasteiger partial charge in [0.15, 0.2) is 9.84 Å². The number of benzene rings is 1. The summed E-state index contributed by atoms with van der Waals surface area (Å²) in [5, 5.41) is 8.17. The number of aromatic nitrogens is 2. The van der Waals surface area contributed by atoms with E-state index in [1.165, 1.54) is 24.9 Å². The molecule has 0 amide bonds. The van der Waals surface area contributed by atoms with Crippen molar-refractivity contribution < 1.29 is 30.7 Å². The first-order valence-electron chi connectivity index (χ1n) is 10.3. The van der Waals surface area contributed by atoms with Crippen molar-refractivity contribution >= 4 is 31.5 Å². The number of carbonyl (C=O) groups excluding carboxylic acids is 1. The molecule has 2 heterocycles. The Balaban J connectivity index is 2.25. The Bertz CT molecular complexity index is 1370. The van der Waals surface area contributed by atoms with Crippen LogP contribution in [-0.4, -0.2) is 56.7 Å². The molecule has 1 aliphatic rings. The number of fused-ring (bicyclic) bond motifs is 1. The zero-order valence-corrected chi connectivity index (χ0v) is 21.1. The van der Waals surface area contributed by atoms with Crippen molar-refractivity contribution in [1.82, 2.24) is 9.78 Å². The van der Waals surface area contributed by atoms with Gasteiger partial charge in [-0.2, -0.15) is 13.5 Å². The fourth-order valence-electron chi connectivity index (χ4n) is 4.08. The van der Waals surface area contributed by atoms with Crippen molar-refractivity contribution in [2.75, 3.05) is 18.6 Å². The third kappa shape index (κ3) is 4.54. The smallest absolute Gasteiger partial charge is 0.310 e. The lowest BCUT2D eigenvalue weighted by molar-refractivity contribution is 0.103. The number of oxime groups is 1. The Morgan fingerprint density at radius 3 is 2.55 bits per heavy atom. The molecular weight excluding hydrogens is 470 g/mol. The standard InChI is InChI=1S/C21H27N3O7S2/c1-7-9-33(28,29)31-21-18(14(4)22-24(21)5)19(25)15-11-12(2)20-17(13(15)3)16(23-30-6)8-10-32(20,26)27/h11H,7-10H2,1-6H3. The largest absolute Gasteiger partial charge is 0.399 e. The zero-order valence-electron chi connectivity index (χ0n) is 19.4. The molecule has 0 saturated carbocycles. The van der Waals surface area contributed by atoms with Gasteiger partial charge in [0.05, 0.1) is 27.8 Å². The summed E-state index contributed by atoms with van der Waals surface area (Å²) in [4.78, 5) is 18.7. The van der Waals surface area contributed by atoms with E-state index in [4.69, 9.17) is 9.02 Å². The molecule has 0 aliphatic carbocycles. The molecule has 180 valence electrons. The summed E-state index contributed by atoms with van der Waals surface area (Å²) in [5.74, 6) is -1.02. The second-order valence-electron chi connectivity index (χ2n) is 7.92. The first-order valence-corrected chi connectivity index (χ1v) is 13.5. The second kappa shape index (κ2) is 8.90. The Labute approximate surface area is 193 Å². The Morgan fingerprint density at radius 2 is 1.94 bits per heavy atom. The van der Waals surface area contributed by atoms with Crippen molar-refractivity contribution in [3.63, 3.8) is 0 Å². The summed E-state index contributed by atoms with van der Waals surface area (Å²) in [5.41, 5.74) is 2.08. The van der Waals surface area contributed by atoms with Crippen LogP contribution in [0.5, 0.6) is 5.88 Å². The number of carbonyl (C=O) groups is 1. The van der Waals surface area contributed by atoms with E-state index in [1.807, 2.05) is 0 Å². The van der Waals surface area contributed by atoms with Gasteiger partial charge in [-0.05, 0) is 44.4 Å². The summed E-state index contributed by atoms with van der Waals surface area (Å²) in [6, 6.07) is 1.50. The molecule has 2 aromatic rings. The number of hydrogen-bond acceptors (Lipinski definition) is 9. The highest BCUT2D eigenvalue weighted by atomic mass is 32.2. The van der Waals surface area contributed by atoms with Gasteiger partial charge < -0.3 is 9.02 Å². The third-order valence-electron chi connectivity index (χ3n) is 5.44. The molecule has 0 radical (unpaired) electrons. The van der Waals surface area contributed by atoms with E-state index >= 15 is 0 Å². The lowest BCUT2D eigenvalue weighted by Gasteiger charge is -2.23. The molecule has 33 heavy (non-hydrogen) atoms. The topological polar surface area (TPSA) is 134 Å². The number of ketones is 1. The molecule has 0 N–H and O–H groups in total. The molecule has 1 aliphatic heterocycles. The first kappa shape index (κ1) is 24.9. The summed E-state index contributed by atoms with van der Waals surface area (Å²) in [6.45, 7) is 6.53. The molecule has 1 aromatic heterocycles. The fourth-order valence-corrected chi connectivity index (χ4v) is 6.89. The lowest BCUT2D eigenvalue weighted by atomic mass is 9.90. The number of hydrogen-bond donors (Lipinski definition) is 0. The first-order chi connectivity index (χ1) is 15.3. The van der Waals surface area contributed by atoms with E-state index in [-0.39, 0.29) is 45.5 Å². The molecule has 0 saturated heterocycles. The van der Waals surface area contributed by atoms with Crippen molar-refractivity contribution in [2.45, 2.75) is 45.4 Å². The Kier molecular flexibility index (Phi) is 6.72. The predicted molar refractivity (Wildman–Crippen MR) is 122 cm³/mol. The summed E-state index contributed by atoms with van der Waals surface area (Å²) < 4.78 is 56.7. The van der Waals surface area contributed by atoms with E-state index < -0.39 is 25.7 Å². The van der Waals surface area contributed by atoms with Gasteiger partial charge in [-0.3, -0.25) is 4.79 Å². The van der Waals surface area contributed by atoms with Gasteiger partial charge in [0.25, 0.3) is 0 Å². The van der Waals surface area contributed by atoms with E-state index in [2.05, 4.69) is 10.3 Å². The quantitative estimate of drug-likeness (QED) is 0.323. The number of sulfone groups is 1. The monoisotopic (exact) mass is 497 g/mol. The second-order valence-corrected chi connectivity index (χ2v) is 11.7. The van der Waals surface area contributed by atoms with Gasteiger partial charge >= 0.3 is 10.1 Å². The van der Waals surface area contributed by atoms with Gasteiger partial charge in [-0.1, -0.05) is 12.1 Å². The molecule has 0 atom stereocenters. The average Bonchev–Trinajstić information content (AvgIpc) is 2.97. The SMILES string of the molecule is CCCS(=O)(=O)Oc1c(C(=O)c2cc(C)c3c(c2C)C(=NOC)CCS3(=O)=O)c(C)nn1C. The minimum absolute atomic E-state index is 0.00326. The highest BCUT2D eigenvalue weighted by molar-refractivity contribution is 7.91. The van der Waals surface area contributed by atoms with E-state index in [0.29, 0.717) is 28.8 Å². The fraction of sp³-hybridized carbons (Fsp3) is 0.476. The van der Waals surface area contributed by atoms with Crippen LogP contribution in [0.1, 0.15) is 58.1 Å². The van der Waals surface area contributed by atoms with Crippen LogP contribution >= 0.6 is 0 Å². The predicted octanol–water partition coefficient (Wildman–Crippen LogP) is 2.22. The van der Waals surface area contributed by atoms with Crippen molar-refractivity contribution in [2.24, 2.45) is 12.2 Å². The lowest BCUT2D eigenvalue weighted by Crippen LogP contribution is -2.26. The molecule has 0 bridgehead atoms. The van der Waals surface area contributed by atoms with E-state index in [9.17, 15) is 21.6 Å². The van der Waals surface area contributed by atoms with Crippen LogP contribution in [0.3, 0.4) is 0 Å². The van der Waals surface area contributed by atoms with Gasteiger partial charge in [-0.25, -0.2) is 13.1 Å². The molecule has 10 nitrogen and oxygen atoms in total. The van der Waals surface area contributed by atoms with Gasteiger partial charge in [0.1, 0.15) is 12.7 Å². The molecule has 3 rings (SSSR count). The van der Waals surface area contributed by atoms with Crippen LogP contribution < -0.4 is 4.18 Å². The number of nitrogens with zero attached hydrogens (tertiary/aromatic N) is 3. The summed E-state index contributed by atoms with van der Waals surface area (Å²) >= 11 is 0. The molecule has 0 fully saturated rings. The molecule has 12 heteroatoms. The van der Waals surface area contributed by atoms with Crippen molar-refractivity contribution in [3.8, 4) is 5.88 Å². The van der Waals surface area contributed by atoms with Crippen molar-refractivity contribution in [1.29, 1.82) is 0 Å². The Hall–Kier alpha value is -2.73. The van der Waals surface area contributed by atoms with Gasteiger partial charge in [0.2, 0.25) is 11.7 Å². The summed E-state index contributed by atoms with van der Waals surface area (Å²) in [7, 11) is -4.63. The van der Waals surface area contributed by atoms with E-state index in [0.717, 1.165) is 0 Å². The highest BCUT2D eigenvalue weighted by Crippen LogP contribution is 2.35. The van der Waals surface area contributed by atoms with E-state index in [1.54, 1.807) is 27.7 Å². The zero-order chi connectivity index (χ0) is 24.7. The molecule has 1 aromatic carbocycles. The molecule has 0 spiro atoms. The van der Waals surface area contributed by atoms with Crippen LogP contribution in [0.2, 0.25) is 0 Å². The normalized spacial score (nSPS) is 16.5. The maximum Gasteiger partial charge on any atom is 0.310 e. The summed E-state index contributed by atoms with van der Waals surface area (Å²) in [6.07, 6.45) is 0.498. The Morgan fingerprint density at radius 1 is 1.27 bits per heavy atom. The van der Waals surface area contributed by atoms with Gasteiger partial charge in [-0.15, -0.1) is 0 Å². The maximum atomic E-state index is 13.7. The molecule has 0 unspecified atom stereocenters. The minimum Gasteiger partial charge on any atom is -0.399 e. The minimum atomic E-state index is -3.92. The number of aryl methyl sites for hydroxylation is 3. The van der Waals surface area contributed by atoms with Gasteiger partial charge in [0, 0.05) is 24.6 Å².